The third-order valence-electron chi connectivity index (χ3n) is 2.18. The molecule has 0 saturated heterocycles. The van der Waals surface area contributed by atoms with E-state index in [0.29, 0.717) is 0 Å². The molecule has 0 aliphatic rings. The summed E-state index contributed by atoms with van der Waals surface area (Å²) in [4.78, 5) is 34.1. The fourth-order valence-corrected chi connectivity index (χ4v) is 1.39. The van der Waals surface area contributed by atoms with E-state index in [0.717, 1.165) is 12.1 Å². The number of carboxylic acid groups (broad SMARTS) is 1. The zero-order valence-electron chi connectivity index (χ0n) is 10.8. The van der Waals surface area contributed by atoms with Crippen molar-refractivity contribution in [2.45, 2.75) is 20.0 Å². The summed E-state index contributed by atoms with van der Waals surface area (Å²) in [6.07, 6.45) is -0.345. The van der Waals surface area contributed by atoms with E-state index in [9.17, 15) is 14.4 Å². The summed E-state index contributed by atoms with van der Waals surface area (Å²) >= 11 is 0. The Kier molecular flexibility index (Phi) is 4.63. The molecule has 0 fully saturated rings. The van der Waals surface area contributed by atoms with Crippen LogP contribution in [0.1, 0.15) is 44.9 Å². The van der Waals surface area contributed by atoms with Crippen LogP contribution in [0.3, 0.4) is 0 Å². The van der Waals surface area contributed by atoms with Gasteiger partial charge in [0.2, 0.25) is 0 Å². The zero-order valence-corrected chi connectivity index (χ0v) is 10.8. The largest absolute Gasteiger partial charge is 0.478 e. The lowest BCUT2D eigenvalue weighted by molar-refractivity contribution is 0.0378. The molecule has 102 valence electrons. The maximum atomic E-state index is 11.7. The van der Waals surface area contributed by atoms with Crippen molar-refractivity contribution in [1.82, 2.24) is 0 Å². The van der Waals surface area contributed by atoms with Gasteiger partial charge in [0.05, 0.1) is 29.9 Å². The molecular weight excluding hydrogens is 252 g/mol. The van der Waals surface area contributed by atoms with Gasteiger partial charge in [0.15, 0.2) is 0 Å². The van der Waals surface area contributed by atoms with E-state index in [1.54, 1.807) is 13.8 Å². The Labute approximate surface area is 109 Å². The van der Waals surface area contributed by atoms with Crippen LogP contribution in [0.25, 0.3) is 0 Å². The number of hydrogen-bond donors (Lipinski definition) is 1. The van der Waals surface area contributed by atoms with Gasteiger partial charge in [-0.05, 0) is 32.0 Å². The average molecular weight is 266 g/mol. The molecule has 0 saturated carbocycles. The standard InChI is InChI=1S/C13H14O6/c1-7(2)19-13(17)10-5-8(11(14)15)4-9(6-10)12(16)18-3/h4-7H,1-3H3,(H,14,15). The Morgan fingerprint density at radius 2 is 1.47 bits per heavy atom. The Balaban J connectivity index is 3.24. The minimum Gasteiger partial charge on any atom is -0.478 e. The average Bonchev–Trinajstić information content (AvgIpc) is 2.36. The number of methoxy groups -OCH3 is 1. The van der Waals surface area contributed by atoms with Crippen LogP contribution in [0.15, 0.2) is 18.2 Å². The molecule has 0 aliphatic heterocycles. The van der Waals surface area contributed by atoms with Crippen molar-refractivity contribution in [2.24, 2.45) is 0 Å². The first-order valence-electron chi connectivity index (χ1n) is 5.52. The summed E-state index contributed by atoms with van der Waals surface area (Å²) in [6.45, 7) is 3.33. The van der Waals surface area contributed by atoms with Gasteiger partial charge in [0.25, 0.3) is 0 Å². The number of carbonyl (C=O) groups is 3. The van der Waals surface area contributed by atoms with Crippen molar-refractivity contribution in [3.8, 4) is 0 Å². The van der Waals surface area contributed by atoms with Gasteiger partial charge >= 0.3 is 17.9 Å². The molecule has 0 aromatic heterocycles. The van der Waals surface area contributed by atoms with Crippen LogP contribution in [0, 0.1) is 0 Å². The first-order valence-corrected chi connectivity index (χ1v) is 5.52. The number of rotatable bonds is 4. The van der Waals surface area contributed by atoms with Crippen LogP contribution >= 0.6 is 0 Å². The fraction of sp³-hybridized carbons (Fsp3) is 0.308. The number of hydrogen-bond acceptors (Lipinski definition) is 5. The molecule has 0 unspecified atom stereocenters. The first-order chi connectivity index (χ1) is 8.85. The Morgan fingerprint density at radius 3 is 1.89 bits per heavy atom. The highest BCUT2D eigenvalue weighted by Crippen LogP contribution is 2.14. The van der Waals surface area contributed by atoms with Crippen LogP contribution in [0.5, 0.6) is 0 Å². The second-order valence-corrected chi connectivity index (χ2v) is 4.05. The van der Waals surface area contributed by atoms with Crippen molar-refractivity contribution in [1.29, 1.82) is 0 Å². The Morgan fingerprint density at radius 1 is 1.00 bits per heavy atom. The molecule has 0 heterocycles. The number of esters is 2. The van der Waals surface area contributed by atoms with E-state index in [2.05, 4.69) is 4.74 Å². The molecule has 19 heavy (non-hydrogen) atoms. The second kappa shape index (κ2) is 5.99. The van der Waals surface area contributed by atoms with E-state index < -0.39 is 17.9 Å². The van der Waals surface area contributed by atoms with Crippen molar-refractivity contribution in [3.63, 3.8) is 0 Å². The lowest BCUT2D eigenvalue weighted by Crippen LogP contribution is -2.14. The predicted molar refractivity (Wildman–Crippen MR) is 65.3 cm³/mol. The van der Waals surface area contributed by atoms with Gasteiger partial charge in [-0.3, -0.25) is 0 Å². The van der Waals surface area contributed by atoms with E-state index in [-0.39, 0.29) is 22.8 Å². The van der Waals surface area contributed by atoms with Crippen LogP contribution < -0.4 is 0 Å². The molecule has 0 spiro atoms. The molecule has 1 aromatic carbocycles. The minimum atomic E-state index is -1.25. The summed E-state index contributed by atoms with van der Waals surface area (Å²) in [5.74, 6) is -2.66. The van der Waals surface area contributed by atoms with E-state index >= 15 is 0 Å². The van der Waals surface area contributed by atoms with E-state index in [1.165, 1.54) is 13.2 Å². The highest BCUT2D eigenvalue weighted by atomic mass is 16.5. The highest BCUT2D eigenvalue weighted by molar-refractivity contribution is 6.00. The number of aromatic carboxylic acids is 1. The first kappa shape index (κ1) is 14.7. The van der Waals surface area contributed by atoms with Crippen molar-refractivity contribution in [3.05, 3.63) is 34.9 Å². The van der Waals surface area contributed by atoms with Crippen molar-refractivity contribution >= 4 is 17.9 Å². The summed E-state index contributed by atoms with van der Waals surface area (Å²) in [5, 5.41) is 8.95. The molecule has 1 aromatic rings. The van der Waals surface area contributed by atoms with E-state index in [4.69, 9.17) is 9.84 Å². The van der Waals surface area contributed by atoms with Crippen LogP contribution in [0.2, 0.25) is 0 Å². The van der Waals surface area contributed by atoms with Crippen LogP contribution in [-0.4, -0.2) is 36.2 Å². The molecule has 6 heteroatoms. The van der Waals surface area contributed by atoms with Crippen LogP contribution in [0.4, 0.5) is 0 Å². The van der Waals surface area contributed by atoms with Gasteiger partial charge in [-0.25, -0.2) is 14.4 Å². The monoisotopic (exact) mass is 266 g/mol. The number of ether oxygens (including phenoxy) is 2. The van der Waals surface area contributed by atoms with Crippen molar-refractivity contribution < 1.29 is 29.0 Å². The molecule has 0 bridgehead atoms. The fourth-order valence-electron chi connectivity index (χ4n) is 1.39. The summed E-state index contributed by atoms with van der Waals surface area (Å²) in [5.41, 5.74) is -0.203. The summed E-state index contributed by atoms with van der Waals surface area (Å²) in [6, 6.07) is 3.53. The number of carboxylic acids is 1. The molecule has 0 radical (unpaired) electrons. The maximum absolute atomic E-state index is 11.7. The Bertz CT molecular complexity index is 518. The third-order valence-corrected chi connectivity index (χ3v) is 2.18. The van der Waals surface area contributed by atoms with Gasteiger partial charge in [-0.1, -0.05) is 0 Å². The summed E-state index contributed by atoms with van der Waals surface area (Å²) < 4.78 is 9.46. The quantitative estimate of drug-likeness (QED) is 0.835. The smallest absolute Gasteiger partial charge is 0.338 e. The SMILES string of the molecule is COC(=O)c1cc(C(=O)O)cc(C(=O)OC(C)C)c1. The van der Waals surface area contributed by atoms with Gasteiger partial charge in [-0.2, -0.15) is 0 Å². The normalized spacial score (nSPS) is 10.1. The number of benzene rings is 1. The number of carbonyl (C=O) groups excluding carboxylic acids is 2. The van der Waals surface area contributed by atoms with Crippen molar-refractivity contribution in [2.75, 3.05) is 7.11 Å². The third kappa shape index (κ3) is 3.80. The zero-order chi connectivity index (χ0) is 14.6. The molecule has 1 rings (SSSR count). The van der Waals surface area contributed by atoms with Gasteiger partial charge < -0.3 is 14.6 Å². The Hall–Kier alpha value is -2.37. The predicted octanol–water partition coefficient (Wildman–Crippen LogP) is 1.74. The molecule has 6 nitrogen and oxygen atoms in total. The van der Waals surface area contributed by atoms with Gasteiger partial charge in [0, 0.05) is 0 Å². The van der Waals surface area contributed by atoms with Gasteiger partial charge in [0.1, 0.15) is 0 Å². The lowest BCUT2D eigenvalue weighted by atomic mass is 10.1. The highest BCUT2D eigenvalue weighted by Gasteiger charge is 2.17. The lowest BCUT2D eigenvalue weighted by Gasteiger charge is -2.09. The summed E-state index contributed by atoms with van der Waals surface area (Å²) in [7, 11) is 1.17. The molecule has 0 amide bonds. The second-order valence-electron chi connectivity index (χ2n) is 4.05. The van der Waals surface area contributed by atoms with Gasteiger partial charge in [-0.15, -0.1) is 0 Å². The minimum absolute atomic E-state index is 0.00556. The maximum Gasteiger partial charge on any atom is 0.338 e. The van der Waals surface area contributed by atoms with Crippen LogP contribution in [-0.2, 0) is 9.47 Å². The van der Waals surface area contributed by atoms with E-state index in [1.807, 2.05) is 0 Å². The molecular formula is C13H14O6. The molecule has 0 atom stereocenters. The topological polar surface area (TPSA) is 89.9 Å². The molecule has 0 aliphatic carbocycles. The molecule has 1 N–H and O–H groups in total.